The summed E-state index contributed by atoms with van der Waals surface area (Å²) in [6, 6.07) is 0. The minimum Gasteiger partial charge on any atom is -0.404 e. The molecule has 1 spiro atoms. The summed E-state index contributed by atoms with van der Waals surface area (Å²) in [5.74, 6) is 1.63. The molecule has 0 aromatic rings. The van der Waals surface area contributed by atoms with Crippen molar-refractivity contribution in [3.05, 3.63) is 0 Å². The van der Waals surface area contributed by atoms with Gasteiger partial charge >= 0.3 is 7.12 Å². The highest BCUT2D eigenvalue weighted by Crippen LogP contribution is 2.68. The van der Waals surface area contributed by atoms with Gasteiger partial charge in [-0.2, -0.15) is 0 Å². The van der Waals surface area contributed by atoms with E-state index in [1.54, 1.807) is 0 Å². The third-order valence-corrected chi connectivity index (χ3v) is 10.4. The van der Waals surface area contributed by atoms with E-state index in [4.69, 9.17) is 9.31 Å². The largest absolute Gasteiger partial charge is 0.457 e. The first-order chi connectivity index (χ1) is 14.7. The highest BCUT2D eigenvalue weighted by atomic mass is 16.6. The fraction of sp³-hybridized carbons (Fsp3) is 0.920. The first-order valence-electron chi connectivity index (χ1n) is 12.8. The van der Waals surface area contributed by atoms with Crippen molar-refractivity contribution in [1.29, 1.82) is 0 Å². The number of rotatable bonds is 3. The van der Waals surface area contributed by atoms with Crippen LogP contribution in [0.3, 0.4) is 0 Å². The van der Waals surface area contributed by atoms with Crippen molar-refractivity contribution in [3.63, 3.8) is 0 Å². The molecule has 0 aromatic carbocycles. The summed E-state index contributed by atoms with van der Waals surface area (Å²) in [6.07, 6.45) is 9.60. The van der Waals surface area contributed by atoms with Crippen LogP contribution in [-0.2, 0) is 18.9 Å². The summed E-state index contributed by atoms with van der Waals surface area (Å²) in [5, 5.41) is 10.2. The fourth-order valence-corrected chi connectivity index (χ4v) is 8.81. The zero-order chi connectivity index (χ0) is 22.0. The normalized spacial score (nSPS) is 49.7. The molecule has 1 N–H and O–H groups in total. The maximum Gasteiger partial charge on any atom is 0.457 e. The van der Waals surface area contributed by atoms with E-state index in [-0.39, 0.29) is 36.9 Å². The molecule has 5 aliphatic rings. The smallest absolute Gasteiger partial charge is 0.404 e. The monoisotopic (exact) mass is 430 g/mol. The summed E-state index contributed by atoms with van der Waals surface area (Å²) in [4.78, 5) is 27.1. The first kappa shape index (κ1) is 22.1. The lowest BCUT2D eigenvalue weighted by molar-refractivity contribution is -0.182. The number of aliphatic hydroxyl groups excluding tert-OH is 1. The molecule has 1 saturated heterocycles. The molecule has 0 amide bonds. The Morgan fingerprint density at radius 3 is 2.71 bits per heavy atom. The number of Topliss-reactive ketones (excluding diaryl/α,β-unsaturated/α-hetero) is 2. The number of unbranched alkanes of at least 4 members (excludes halogenated alkanes) is 1. The second-order valence-corrected chi connectivity index (χ2v) is 11.8. The van der Waals surface area contributed by atoms with E-state index < -0.39 is 11.0 Å². The summed E-state index contributed by atoms with van der Waals surface area (Å²) >= 11 is 0. The van der Waals surface area contributed by atoms with Crippen LogP contribution in [0.25, 0.3) is 0 Å². The highest BCUT2D eigenvalue weighted by Gasteiger charge is 2.71. The average Bonchev–Trinajstić information content (AvgIpc) is 3.01. The minimum atomic E-state index is -0.852. The first-order valence-corrected chi connectivity index (χ1v) is 12.8. The Morgan fingerprint density at radius 1 is 1.13 bits per heavy atom. The van der Waals surface area contributed by atoms with Crippen molar-refractivity contribution in [2.24, 2.45) is 34.5 Å². The molecule has 5 rings (SSSR count). The van der Waals surface area contributed by atoms with E-state index in [1.165, 1.54) is 0 Å². The standard InChI is InChI=1S/C25H39BO5/c1-4-5-12-26-30-15-21(29)25(31-26)11-9-19-18-7-6-16-13-17(27)8-10-23(16,2)22(18)20(28)14-24(19,25)3/h16-19,22,27H,4-15H2,1-3H3. The van der Waals surface area contributed by atoms with Crippen LogP contribution >= 0.6 is 0 Å². The Labute approximate surface area is 187 Å². The van der Waals surface area contributed by atoms with Gasteiger partial charge in [-0.05, 0) is 74.4 Å². The number of aliphatic hydroxyl groups is 1. The predicted molar refractivity (Wildman–Crippen MR) is 118 cm³/mol. The van der Waals surface area contributed by atoms with Gasteiger partial charge in [0, 0.05) is 17.8 Å². The Balaban J connectivity index is 1.46. The Bertz CT molecular complexity index is 756. The van der Waals surface area contributed by atoms with E-state index in [1.807, 2.05) is 0 Å². The van der Waals surface area contributed by atoms with Crippen LogP contribution in [0.2, 0.25) is 6.32 Å². The van der Waals surface area contributed by atoms with Crippen molar-refractivity contribution in [1.82, 2.24) is 0 Å². The van der Waals surface area contributed by atoms with Gasteiger partial charge in [-0.3, -0.25) is 9.59 Å². The molecule has 8 atom stereocenters. The van der Waals surface area contributed by atoms with E-state index in [0.29, 0.717) is 30.0 Å². The number of carbonyl (C=O) groups excluding carboxylic acids is 2. The highest BCUT2D eigenvalue weighted by molar-refractivity contribution is 6.46. The van der Waals surface area contributed by atoms with Crippen LogP contribution in [0.4, 0.5) is 0 Å². The predicted octanol–water partition coefficient (Wildman–Crippen LogP) is 4.21. The topological polar surface area (TPSA) is 72.8 Å². The van der Waals surface area contributed by atoms with Gasteiger partial charge in [0.05, 0.1) is 12.7 Å². The van der Waals surface area contributed by atoms with Crippen LogP contribution in [-0.4, -0.2) is 42.1 Å². The van der Waals surface area contributed by atoms with Gasteiger partial charge in [0.2, 0.25) is 0 Å². The van der Waals surface area contributed by atoms with Gasteiger partial charge in [-0.1, -0.05) is 33.6 Å². The summed E-state index contributed by atoms with van der Waals surface area (Å²) in [7, 11) is -0.325. The minimum absolute atomic E-state index is 0.000513. The quantitative estimate of drug-likeness (QED) is 0.679. The second kappa shape index (κ2) is 7.67. The van der Waals surface area contributed by atoms with Gasteiger partial charge in [0.25, 0.3) is 0 Å². The molecule has 8 unspecified atom stereocenters. The molecule has 172 valence electrons. The molecule has 5 fully saturated rings. The van der Waals surface area contributed by atoms with E-state index in [9.17, 15) is 14.7 Å². The van der Waals surface area contributed by atoms with Gasteiger partial charge in [-0.15, -0.1) is 0 Å². The molecule has 5 nitrogen and oxygen atoms in total. The van der Waals surface area contributed by atoms with Crippen molar-refractivity contribution in [2.45, 2.75) is 103 Å². The molecule has 1 heterocycles. The van der Waals surface area contributed by atoms with Gasteiger partial charge in [0.1, 0.15) is 11.4 Å². The van der Waals surface area contributed by atoms with E-state index >= 15 is 0 Å². The number of carbonyl (C=O) groups is 2. The van der Waals surface area contributed by atoms with Gasteiger partial charge in [-0.25, -0.2) is 0 Å². The van der Waals surface area contributed by atoms with Crippen molar-refractivity contribution >= 4 is 18.7 Å². The zero-order valence-corrected chi connectivity index (χ0v) is 19.5. The SMILES string of the molecule is CCCCB1OCC(=O)C2(CCC3C4CCC5CC(O)CCC5(C)C4C(=O)CC32C)O1. The van der Waals surface area contributed by atoms with Crippen LogP contribution in [0.15, 0.2) is 0 Å². The van der Waals surface area contributed by atoms with Gasteiger partial charge < -0.3 is 14.4 Å². The summed E-state index contributed by atoms with van der Waals surface area (Å²) in [5.41, 5.74) is -1.27. The Kier molecular flexibility index (Phi) is 5.46. The lowest BCUT2D eigenvalue weighted by Crippen LogP contribution is -2.65. The van der Waals surface area contributed by atoms with Crippen LogP contribution < -0.4 is 0 Å². The number of hydrogen-bond acceptors (Lipinski definition) is 5. The number of hydrogen-bond donors (Lipinski definition) is 1. The lowest BCUT2D eigenvalue weighted by atomic mass is 9.43. The molecular weight excluding hydrogens is 391 g/mol. The second-order valence-electron chi connectivity index (χ2n) is 11.8. The molecule has 4 aliphatic carbocycles. The Morgan fingerprint density at radius 2 is 1.94 bits per heavy atom. The third kappa shape index (κ3) is 3.07. The van der Waals surface area contributed by atoms with Crippen LogP contribution in [0, 0.1) is 34.5 Å². The lowest BCUT2D eigenvalue weighted by Gasteiger charge is -2.61. The Hall–Kier alpha value is -0.715. The van der Waals surface area contributed by atoms with Crippen LogP contribution in [0.5, 0.6) is 0 Å². The molecule has 4 saturated carbocycles. The van der Waals surface area contributed by atoms with Crippen molar-refractivity contribution in [3.8, 4) is 0 Å². The molecule has 1 aliphatic heterocycles. The summed E-state index contributed by atoms with van der Waals surface area (Å²) < 4.78 is 12.3. The molecule has 0 aromatic heterocycles. The third-order valence-electron chi connectivity index (χ3n) is 10.4. The molecule has 0 radical (unpaired) electrons. The van der Waals surface area contributed by atoms with Crippen molar-refractivity contribution < 1.29 is 24.0 Å². The van der Waals surface area contributed by atoms with Crippen LogP contribution in [0.1, 0.15) is 85.0 Å². The van der Waals surface area contributed by atoms with Gasteiger partial charge in [0.15, 0.2) is 5.78 Å². The molecule has 6 heteroatoms. The maximum atomic E-state index is 13.8. The average molecular weight is 430 g/mol. The number of fused-ring (bicyclic) bond motifs is 6. The van der Waals surface area contributed by atoms with Crippen molar-refractivity contribution in [2.75, 3.05) is 6.61 Å². The number of ketones is 2. The zero-order valence-electron chi connectivity index (χ0n) is 19.5. The molecule has 0 bridgehead atoms. The fourth-order valence-electron chi connectivity index (χ4n) is 8.81. The molecular formula is C25H39BO5. The summed E-state index contributed by atoms with van der Waals surface area (Å²) in [6.45, 7) is 6.77. The van der Waals surface area contributed by atoms with E-state index in [2.05, 4.69) is 20.8 Å². The maximum absolute atomic E-state index is 13.8. The molecule has 31 heavy (non-hydrogen) atoms. The van der Waals surface area contributed by atoms with E-state index in [0.717, 1.165) is 64.1 Å².